The summed E-state index contributed by atoms with van der Waals surface area (Å²) in [6, 6.07) is 10.2. The third-order valence-corrected chi connectivity index (χ3v) is 4.90. The van der Waals surface area contributed by atoms with Crippen LogP contribution in [-0.4, -0.2) is 33.3 Å². The molecule has 8 heteroatoms. The molecule has 0 bridgehead atoms. The van der Waals surface area contributed by atoms with E-state index in [1.165, 1.54) is 36.4 Å². The number of hydrogen-bond acceptors (Lipinski definition) is 4. The summed E-state index contributed by atoms with van der Waals surface area (Å²) in [4.78, 5) is 0.117. The van der Waals surface area contributed by atoms with Crippen LogP contribution in [0.4, 0.5) is 4.39 Å². The molecule has 0 spiro atoms. The second-order valence-corrected chi connectivity index (χ2v) is 7.14. The van der Waals surface area contributed by atoms with Gasteiger partial charge in [-0.3, -0.25) is 0 Å². The van der Waals surface area contributed by atoms with Gasteiger partial charge in [-0.05, 0) is 48.4 Å². The molecule has 0 atom stereocenters. The smallest absolute Gasteiger partial charge is 0.240 e. The van der Waals surface area contributed by atoms with Gasteiger partial charge in [0.15, 0.2) is 11.6 Å². The number of nitrogens with one attached hydrogen (secondary N) is 1. The number of rotatable bonds is 8. The molecule has 0 saturated carbocycles. The molecule has 0 aliphatic rings. The Morgan fingerprint density at radius 2 is 1.88 bits per heavy atom. The quantitative estimate of drug-likeness (QED) is 0.745. The maximum absolute atomic E-state index is 13.8. The second-order valence-electron chi connectivity index (χ2n) is 4.94. The fourth-order valence-corrected chi connectivity index (χ4v) is 3.16. The van der Waals surface area contributed by atoms with Gasteiger partial charge in [-0.1, -0.05) is 17.7 Å². The van der Waals surface area contributed by atoms with Crippen molar-refractivity contribution in [2.24, 2.45) is 0 Å². The van der Waals surface area contributed by atoms with Crippen molar-refractivity contribution < 1.29 is 22.7 Å². The molecule has 0 unspecified atom stereocenters. The van der Waals surface area contributed by atoms with Crippen molar-refractivity contribution in [2.45, 2.75) is 11.3 Å². The Morgan fingerprint density at radius 3 is 2.50 bits per heavy atom. The van der Waals surface area contributed by atoms with E-state index in [0.29, 0.717) is 17.0 Å². The average molecular weight is 374 g/mol. The molecular weight excluding hydrogens is 357 g/mol. The van der Waals surface area contributed by atoms with E-state index in [1.807, 2.05) is 0 Å². The van der Waals surface area contributed by atoms with Crippen molar-refractivity contribution in [3.63, 3.8) is 0 Å². The highest BCUT2D eigenvalue weighted by Gasteiger charge is 2.13. The number of aliphatic hydroxyl groups is 1. The van der Waals surface area contributed by atoms with Crippen LogP contribution in [0.5, 0.6) is 5.75 Å². The third kappa shape index (κ3) is 5.17. The van der Waals surface area contributed by atoms with Crippen LogP contribution in [0, 0.1) is 5.82 Å². The highest BCUT2D eigenvalue weighted by atomic mass is 35.5. The Balaban J connectivity index is 1.94. The van der Waals surface area contributed by atoms with Crippen molar-refractivity contribution in [1.82, 2.24) is 4.72 Å². The van der Waals surface area contributed by atoms with Gasteiger partial charge in [0.2, 0.25) is 10.0 Å². The Labute approximate surface area is 145 Å². The highest BCUT2D eigenvalue weighted by molar-refractivity contribution is 7.89. The summed E-state index contributed by atoms with van der Waals surface area (Å²) < 4.78 is 45.5. The number of benzene rings is 2. The van der Waals surface area contributed by atoms with E-state index in [2.05, 4.69) is 4.72 Å². The fourth-order valence-electron chi connectivity index (χ4n) is 2.00. The van der Waals surface area contributed by atoms with Crippen LogP contribution in [0.1, 0.15) is 5.56 Å². The van der Waals surface area contributed by atoms with Gasteiger partial charge >= 0.3 is 0 Å². The molecule has 2 N–H and O–H groups in total. The van der Waals surface area contributed by atoms with Crippen LogP contribution in [0.3, 0.4) is 0 Å². The maximum Gasteiger partial charge on any atom is 0.240 e. The largest absolute Gasteiger partial charge is 0.488 e. The van der Waals surface area contributed by atoms with Crippen molar-refractivity contribution in [3.05, 3.63) is 58.9 Å². The first-order chi connectivity index (χ1) is 11.4. The summed E-state index contributed by atoms with van der Waals surface area (Å²) in [5.74, 6) is -0.504. The van der Waals surface area contributed by atoms with Crippen LogP contribution in [0.15, 0.2) is 47.4 Å². The number of ether oxygens (including phenoxy) is 1. The first-order valence-electron chi connectivity index (χ1n) is 7.20. The van der Waals surface area contributed by atoms with E-state index < -0.39 is 15.8 Å². The van der Waals surface area contributed by atoms with Gasteiger partial charge in [0.25, 0.3) is 0 Å². The Morgan fingerprint density at radius 1 is 1.17 bits per heavy atom. The van der Waals surface area contributed by atoms with Crippen molar-refractivity contribution >= 4 is 21.6 Å². The van der Waals surface area contributed by atoms with Gasteiger partial charge in [-0.15, -0.1) is 0 Å². The average Bonchev–Trinajstić information content (AvgIpc) is 2.54. The molecule has 130 valence electrons. The Kier molecular flexibility index (Phi) is 6.56. The van der Waals surface area contributed by atoms with Crippen LogP contribution in [-0.2, 0) is 16.4 Å². The SMILES string of the molecule is O=S(=O)(NCCc1ccc(OCCO)c(F)c1)c1ccc(Cl)cc1. The summed E-state index contributed by atoms with van der Waals surface area (Å²) >= 11 is 5.73. The zero-order valence-corrected chi connectivity index (χ0v) is 14.3. The van der Waals surface area contributed by atoms with Crippen LogP contribution >= 0.6 is 11.6 Å². The van der Waals surface area contributed by atoms with E-state index >= 15 is 0 Å². The third-order valence-electron chi connectivity index (χ3n) is 3.17. The monoisotopic (exact) mass is 373 g/mol. The standard InChI is InChI=1S/C16H17ClFNO4S/c17-13-2-4-14(5-3-13)24(21,22)19-8-7-12-1-6-16(15(18)11-12)23-10-9-20/h1-6,11,19-20H,7-10H2. The predicted octanol–water partition coefficient (Wildman–Crippen LogP) is 2.37. The molecule has 2 aromatic rings. The van der Waals surface area contributed by atoms with E-state index in [-0.39, 0.29) is 30.4 Å². The second kappa shape index (κ2) is 8.43. The van der Waals surface area contributed by atoms with Crippen molar-refractivity contribution in [1.29, 1.82) is 0 Å². The van der Waals surface area contributed by atoms with Gasteiger partial charge in [0.1, 0.15) is 6.61 Å². The van der Waals surface area contributed by atoms with Gasteiger partial charge < -0.3 is 9.84 Å². The minimum Gasteiger partial charge on any atom is -0.488 e. The van der Waals surface area contributed by atoms with E-state index in [0.717, 1.165) is 0 Å². The molecule has 0 amide bonds. The normalized spacial score (nSPS) is 11.5. The van der Waals surface area contributed by atoms with Crippen molar-refractivity contribution in [3.8, 4) is 5.75 Å². The van der Waals surface area contributed by atoms with E-state index in [1.54, 1.807) is 6.07 Å². The zero-order valence-electron chi connectivity index (χ0n) is 12.7. The molecule has 0 saturated heterocycles. The van der Waals surface area contributed by atoms with E-state index in [4.69, 9.17) is 21.4 Å². The molecule has 2 aromatic carbocycles. The highest BCUT2D eigenvalue weighted by Crippen LogP contribution is 2.19. The summed E-state index contributed by atoms with van der Waals surface area (Å²) in [6.07, 6.45) is 0.323. The summed E-state index contributed by atoms with van der Waals surface area (Å²) in [7, 11) is -3.63. The maximum atomic E-state index is 13.8. The van der Waals surface area contributed by atoms with Crippen LogP contribution < -0.4 is 9.46 Å². The zero-order chi connectivity index (χ0) is 17.6. The lowest BCUT2D eigenvalue weighted by molar-refractivity contribution is 0.196. The Hall–Kier alpha value is -1.67. The van der Waals surface area contributed by atoms with Crippen molar-refractivity contribution in [2.75, 3.05) is 19.8 Å². The summed E-state index contributed by atoms with van der Waals surface area (Å²) in [6.45, 7) is -0.0634. The predicted molar refractivity (Wildman–Crippen MR) is 89.3 cm³/mol. The molecule has 0 aliphatic carbocycles. The Bertz CT molecular complexity index is 781. The van der Waals surface area contributed by atoms with Gasteiger partial charge in [-0.2, -0.15) is 0 Å². The molecule has 5 nitrogen and oxygen atoms in total. The molecule has 2 rings (SSSR count). The lowest BCUT2D eigenvalue weighted by Crippen LogP contribution is -2.26. The number of hydrogen-bond donors (Lipinski definition) is 2. The number of sulfonamides is 1. The lowest BCUT2D eigenvalue weighted by atomic mass is 10.1. The van der Waals surface area contributed by atoms with Gasteiger partial charge in [0.05, 0.1) is 11.5 Å². The molecule has 0 aromatic heterocycles. The number of aliphatic hydroxyl groups excluding tert-OH is 1. The minimum absolute atomic E-state index is 0.0111. The van der Waals surface area contributed by atoms with Crippen LogP contribution in [0.25, 0.3) is 0 Å². The topological polar surface area (TPSA) is 75.6 Å². The van der Waals surface area contributed by atoms with E-state index in [9.17, 15) is 12.8 Å². The molecule has 0 heterocycles. The summed E-state index contributed by atoms with van der Waals surface area (Å²) in [5.41, 5.74) is 0.627. The first-order valence-corrected chi connectivity index (χ1v) is 9.06. The lowest BCUT2D eigenvalue weighted by Gasteiger charge is -2.09. The van der Waals surface area contributed by atoms with Gasteiger partial charge in [0, 0.05) is 11.6 Å². The molecule has 24 heavy (non-hydrogen) atoms. The first kappa shape index (κ1) is 18.7. The van der Waals surface area contributed by atoms with Crippen LogP contribution in [0.2, 0.25) is 5.02 Å². The van der Waals surface area contributed by atoms with Gasteiger partial charge in [-0.25, -0.2) is 17.5 Å². The number of halogens is 2. The molecule has 0 fully saturated rings. The minimum atomic E-state index is -3.63. The molecular formula is C16H17ClFNO4S. The molecule has 0 aliphatic heterocycles. The molecule has 0 radical (unpaired) electrons. The summed E-state index contributed by atoms with van der Waals surface area (Å²) in [5, 5.41) is 9.11. The fraction of sp³-hybridized carbons (Fsp3) is 0.250.